The van der Waals surface area contributed by atoms with E-state index in [0.29, 0.717) is 29.1 Å². The topological polar surface area (TPSA) is 67.9 Å². The lowest BCUT2D eigenvalue weighted by atomic mass is 10.0. The Kier molecular flexibility index (Phi) is 5.68. The predicted molar refractivity (Wildman–Crippen MR) is 108 cm³/mol. The highest BCUT2D eigenvalue weighted by atomic mass is 16.5. The van der Waals surface area contributed by atoms with Crippen LogP contribution in [0.4, 0.5) is 5.69 Å². The largest absolute Gasteiger partial charge is 0.497 e. The first-order valence-corrected chi connectivity index (χ1v) is 9.23. The van der Waals surface area contributed by atoms with Gasteiger partial charge in [0.15, 0.2) is 0 Å². The van der Waals surface area contributed by atoms with Crippen molar-refractivity contribution in [3.8, 4) is 11.5 Å². The van der Waals surface area contributed by atoms with Gasteiger partial charge in [-0.3, -0.25) is 14.5 Å². The third-order valence-electron chi connectivity index (χ3n) is 4.36. The summed E-state index contributed by atoms with van der Waals surface area (Å²) in [5.41, 5.74) is 2.00. The van der Waals surface area contributed by atoms with E-state index in [0.717, 1.165) is 5.75 Å². The lowest BCUT2D eigenvalue weighted by Crippen LogP contribution is -2.32. The molecule has 0 radical (unpaired) electrons. The number of amides is 2. The van der Waals surface area contributed by atoms with Crippen LogP contribution in [0.5, 0.6) is 11.5 Å². The van der Waals surface area contributed by atoms with E-state index >= 15 is 0 Å². The molecule has 1 N–H and O–H groups in total. The standard InChI is InChI=1S/C22H24N2O4/c1-5-24-21(25)19(15-6-10-17(27-4)11-7-15)20(22(24)26)23-16-8-12-18(13-9-16)28-14(2)3/h6-14,23H,5H2,1-4H3. The number of carbonyl (C=O) groups is 2. The van der Waals surface area contributed by atoms with Crippen LogP contribution < -0.4 is 14.8 Å². The molecule has 1 aliphatic rings. The van der Waals surface area contributed by atoms with Crippen molar-refractivity contribution < 1.29 is 19.1 Å². The minimum atomic E-state index is -0.333. The molecule has 0 spiro atoms. The van der Waals surface area contributed by atoms with Crippen LogP contribution in [0.1, 0.15) is 26.3 Å². The summed E-state index contributed by atoms with van der Waals surface area (Å²) >= 11 is 0. The van der Waals surface area contributed by atoms with Crippen molar-refractivity contribution in [3.63, 3.8) is 0 Å². The zero-order valence-electron chi connectivity index (χ0n) is 16.5. The fourth-order valence-corrected chi connectivity index (χ4v) is 3.04. The summed E-state index contributed by atoms with van der Waals surface area (Å²) < 4.78 is 10.8. The maximum Gasteiger partial charge on any atom is 0.278 e. The molecular weight excluding hydrogens is 356 g/mol. The van der Waals surface area contributed by atoms with Crippen LogP contribution in [0.3, 0.4) is 0 Å². The number of anilines is 1. The van der Waals surface area contributed by atoms with Crippen LogP contribution >= 0.6 is 0 Å². The van der Waals surface area contributed by atoms with E-state index in [4.69, 9.17) is 9.47 Å². The number of nitrogens with one attached hydrogen (secondary N) is 1. The van der Waals surface area contributed by atoms with E-state index in [1.165, 1.54) is 4.90 Å². The smallest absolute Gasteiger partial charge is 0.278 e. The number of hydrogen-bond donors (Lipinski definition) is 1. The molecule has 1 aliphatic heterocycles. The second-order valence-electron chi connectivity index (χ2n) is 6.65. The maximum absolute atomic E-state index is 12.8. The van der Waals surface area contributed by atoms with Gasteiger partial charge in [0.2, 0.25) is 0 Å². The van der Waals surface area contributed by atoms with Crippen LogP contribution in [-0.2, 0) is 9.59 Å². The predicted octanol–water partition coefficient (Wildman–Crippen LogP) is 3.69. The van der Waals surface area contributed by atoms with Crippen molar-refractivity contribution >= 4 is 23.1 Å². The molecule has 0 bridgehead atoms. The van der Waals surface area contributed by atoms with Gasteiger partial charge >= 0.3 is 0 Å². The Morgan fingerprint density at radius 3 is 2.07 bits per heavy atom. The molecule has 0 fully saturated rings. The maximum atomic E-state index is 12.8. The van der Waals surface area contributed by atoms with Gasteiger partial charge < -0.3 is 14.8 Å². The molecule has 6 nitrogen and oxygen atoms in total. The molecule has 0 saturated carbocycles. The normalized spacial score (nSPS) is 14.1. The Morgan fingerprint density at radius 2 is 1.54 bits per heavy atom. The van der Waals surface area contributed by atoms with Gasteiger partial charge in [-0.1, -0.05) is 12.1 Å². The highest BCUT2D eigenvalue weighted by Crippen LogP contribution is 2.31. The first-order valence-electron chi connectivity index (χ1n) is 9.23. The quantitative estimate of drug-likeness (QED) is 0.742. The van der Waals surface area contributed by atoms with Gasteiger partial charge in [-0.05, 0) is 62.7 Å². The first-order chi connectivity index (χ1) is 13.4. The first kappa shape index (κ1) is 19.5. The zero-order chi connectivity index (χ0) is 20.3. The van der Waals surface area contributed by atoms with Gasteiger partial charge in [-0.15, -0.1) is 0 Å². The second-order valence-corrected chi connectivity index (χ2v) is 6.65. The highest BCUT2D eigenvalue weighted by molar-refractivity contribution is 6.36. The van der Waals surface area contributed by atoms with Gasteiger partial charge in [0, 0.05) is 12.2 Å². The van der Waals surface area contributed by atoms with Crippen molar-refractivity contribution in [1.29, 1.82) is 0 Å². The van der Waals surface area contributed by atoms with E-state index in [9.17, 15) is 9.59 Å². The Hall–Kier alpha value is -3.28. The highest BCUT2D eigenvalue weighted by Gasteiger charge is 2.38. The van der Waals surface area contributed by atoms with Crippen molar-refractivity contribution in [2.45, 2.75) is 26.9 Å². The number of carbonyl (C=O) groups excluding carboxylic acids is 2. The SMILES string of the molecule is CCN1C(=O)C(Nc2ccc(OC(C)C)cc2)=C(c2ccc(OC)cc2)C1=O. The Balaban J connectivity index is 1.96. The van der Waals surface area contributed by atoms with Crippen LogP contribution in [0.2, 0.25) is 0 Å². The number of ether oxygens (including phenoxy) is 2. The molecule has 28 heavy (non-hydrogen) atoms. The summed E-state index contributed by atoms with van der Waals surface area (Å²) in [6, 6.07) is 14.4. The van der Waals surface area contributed by atoms with E-state index < -0.39 is 0 Å². The van der Waals surface area contributed by atoms with Gasteiger partial charge in [-0.25, -0.2) is 0 Å². The number of nitrogens with zero attached hydrogens (tertiary/aromatic N) is 1. The molecule has 0 atom stereocenters. The fraction of sp³-hybridized carbons (Fsp3) is 0.273. The van der Waals surface area contributed by atoms with Crippen molar-refractivity contribution in [1.82, 2.24) is 4.90 Å². The van der Waals surface area contributed by atoms with E-state index in [1.807, 2.05) is 38.1 Å². The molecule has 6 heteroatoms. The average molecular weight is 380 g/mol. The van der Waals surface area contributed by atoms with Gasteiger partial charge in [0.25, 0.3) is 11.8 Å². The zero-order valence-corrected chi connectivity index (χ0v) is 16.5. The summed E-state index contributed by atoms with van der Waals surface area (Å²) in [6.07, 6.45) is 0.0790. The number of benzene rings is 2. The second kappa shape index (κ2) is 8.17. The molecule has 0 aromatic heterocycles. The Morgan fingerprint density at radius 1 is 0.929 bits per heavy atom. The molecule has 0 aliphatic carbocycles. The molecule has 0 saturated heterocycles. The molecule has 2 aromatic rings. The third-order valence-corrected chi connectivity index (χ3v) is 4.36. The Labute approximate surface area is 164 Å². The van der Waals surface area contributed by atoms with E-state index in [1.54, 1.807) is 38.3 Å². The van der Waals surface area contributed by atoms with Crippen molar-refractivity contribution in [3.05, 3.63) is 59.8 Å². The minimum absolute atomic E-state index is 0.0790. The minimum Gasteiger partial charge on any atom is -0.497 e. The van der Waals surface area contributed by atoms with Crippen LogP contribution in [0.15, 0.2) is 54.2 Å². The summed E-state index contributed by atoms with van der Waals surface area (Å²) in [5, 5.41) is 3.12. The molecule has 2 amide bonds. The van der Waals surface area contributed by atoms with Crippen molar-refractivity contribution in [2.75, 3.05) is 19.0 Å². The number of methoxy groups -OCH3 is 1. The van der Waals surface area contributed by atoms with Gasteiger partial charge in [-0.2, -0.15) is 0 Å². The number of hydrogen-bond acceptors (Lipinski definition) is 5. The molecule has 3 rings (SSSR count). The van der Waals surface area contributed by atoms with Gasteiger partial charge in [0.05, 0.1) is 18.8 Å². The monoisotopic (exact) mass is 380 g/mol. The van der Waals surface area contributed by atoms with E-state index in [2.05, 4.69) is 5.32 Å². The number of likely N-dealkylation sites (N-methyl/N-ethyl adjacent to an activating group) is 1. The molecule has 1 heterocycles. The fourth-order valence-electron chi connectivity index (χ4n) is 3.04. The van der Waals surface area contributed by atoms with E-state index in [-0.39, 0.29) is 23.6 Å². The van der Waals surface area contributed by atoms with Crippen LogP contribution in [0.25, 0.3) is 5.57 Å². The van der Waals surface area contributed by atoms with Crippen LogP contribution in [0, 0.1) is 0 Å². The molecule has 146 valence electrons. The van der Waals surface area contributed by atoms with Crippen LogP contribution in [-0.4, -0.2) is 36.5 Å². The van der Waals surface area contributed by atoms with Gasteiger partial charge in [0.1, 0.15) is 17.2 Å². The molecule has 0 unspecified atom stereocenters. The van der Waals surface area contributed by atoms with Crippen molar-refractivity contribution in [2.24, 2.45) is 0 Å². The summed E-state index contributed by atoms with van der Waals surface area (Å²) in [6.45, 7) is 6.01. The Bertz CT molecular complexity index is 899. The third kappa shape index (κ3) is 3.86. The summed E-state index contributed by atoms with van der Waals surface area (Å²) in [5.74, 6) is 0.790. The summed E-state index contributed by atoms with van der Waals surface area (Å²) in [7, 11) is 1.58. The lowest BCUT2D eigenvalue weighted by molar-refractivity contribution is -0.136. The summed E-state index contributed by atoms with van der Waals surface area (Å²) in [4.78, 5) is 26.9. The average Bonchev–Trinajstić information content (AvgIpc) is 2.92. The molecule has 2 aromatic carbocycles. The lowest BCUT2D eigenvalue weighted by Gasteiger charge is -2.13. The number of imide groups is 1. The number of rotatable bonds is 7. The molecular formula is C22H24N2O4.